The minimum Gasteiger partial charge on any atom is -0.353 e. The van der Waals surface area contributed by atoms with E-state index in [1.165, 1.54) is 4.80 Å². The first-order chi connectivity index (χ1) is 10.2. The van der Waals surface area contributed by atoms with E-state index in [0.717, 1.165) is 25.9 Å². The molecule has 2 aromatic rings. The summed E-state index contributed by atoms with van der Waals surface area (Å²) in [5.74, 6) is 0.626. The fourth-order valence-electron chi connectivity index (χ4n) is 2.17. The van der Waals surface area contributed by atoms with Crippen LogP contribution >= 0.6 is 11.6 Å². The van der Waals surface area contributed by atoms with Crippen LogP contribution in [0.5, 0.6) is 0 Å². The van der Waals surface area contributed by atoms with E-state index >= 15 is 0 Å². The SMILES string of the molecule is CCCN(CCC)c1nn(-c2ccccc2Cl)nc1C#N. The lowest BCUT2D eigenvalue weighted by Crippen LogP contribution is -2.26. The Bertz CT molecular complexity index is 638. The lowest BCUT2D eigenvalue weighted by Gasteiger charge is -2.20. The van der Waals surface area contributed by atoms with Gasteiger partial charge in [-0.05, 0) is 25.0 Å². The fraction of sp³-hybridized carbons (Fsp3) is 0.400. The molecule has 0 bridgehead atoms. The molecular formula is C15H18ClN5. The van der Waals surface area contributed by atoms with Gasteiger partial charge < -0.3 is 4.90 Å². The molecule has 1 heterocycles. The van der Waals surface area contributed by atoms with Gasteiger partial charge in [0, 0.05) is 13.1 Å². The van der Waals surface area contributed by atoms with Crippen molar-refractivity contribution in [2.75, 3.05) is 18.0 Å². The van der Waals surface area contributed by atoms with Gasteiger partial charge in [0.15, 0.2) is 5.82 Å². The third kappa shape index (κ3) is 3.34. The van der Waals surface area contributed by atoms with E-state index in [9.17, 15) is 5.26 Å². The number of hydrogen-bond acceptors (Lipinski definition) is 4. The zero-order valence-electron chi connectivity index (χ0n) is 12.3. The number of nitrogens with zero attached hydrogens (tertiary/aromatic N) is 5. The highest BCUT2D eigenvalue weighted by molar-refractivity contribution is 6.32. The van der Waals surface area contributed by atoms with Gasteiger partial charge in [0.05, 0.1) is 5.02 Å². The summed E-state index contributed by atoms with van der Waals surface area (Å²) in [7, 11) is 0. The highest BCUT2D eigenvalue weighted by atomic mass is 35.5. The standard InChI is InChI=1S/C15H18ClN5/c1-3-9-20(10-4-2)15-13(11-17)18-21(19-15)14-8-6-5-7-12(14)16/h5-8H,3-4,9-10H2,1-2H3. The van der Waals surface area contributed by atoms with Crippen molar-refractivity contribution >= 4 is 17.4 Å². The Balaban J connectivity index is 2.44. The lowest BCUT2D eigenvalue weighted by molar-refractivity contribution is 0.708. The summed E-state index contributed by atoms with van der Waals surface area (Å²) >= 11 is 6.17. The molecule has 0 N–H and O–H groups in total. The van der Waals surface area contributed by atoms with Gasteiger partial charge in [0.25, 0.3) is 0 Å². The van der Waals surface area contributed by atoms with Crippen LogP contribution in [0.25, 0.3) is 5.69 Å². The maximum atomic E-state index is 9.31. The van der Waals surface area contributed by atoms with Crippen LogP contribution in [0.2, 0.25) is 5.02 Å². The van der Waals surface area contributed by atoms with Crippen LogP contribution in [-0.2, 0) is 0 Å². The summed E-state index contributed by atoms with van der Waals surface area (Å²) in [4.78, 5) is 3.54. The highest BCUT2D eigenvalue weighted by Gasteiger charge is 2.18. The van der Waals surface area contributed by atoms with Crippen molar-refractivity contribution in [1.29, 1.82) is 5.26 Å². The van der Waals surface area contributed by atoms with Gasteiger partial charge >= 0.3 is 0 Å². The molecule has 0 unspecified atom stereocenters. The number of nitriles is 1. The van der Waals surface area contributed by atoms with Crippen LogP contribution in [0.4, 0.5) is 5.82 Å². The van der Waals surface area contributed by atoms with Crippen LogP contribution in [0.1, 0.15) is 32.4 Å². The predicted molar refractivity (Wildman–Crippen MR) is 83.9 cm³/mol. The number of benzene rings is 1. The number of para-hydroxylation sites is 1. The van der Waals surface area contributed by atoms with E-state index < -0.39 is 0 Å². The number of rotatable bonds is 6. The molecule has 0 aliphatic rings. The van der Waals surface area contributed by atoms with Crippen molar-refractivity contribution in [3.05, 3.63) is 35.0 Å². The van der Waals surface area contributed by atoms with Crippen LogP contribution in [-0.4, -0.2) is 28.1 Å². The summed E-state index contributed by atoms with van der Waals surface area (Å²) in [6.07, 6.45) is 1.98. The zero-order valence-corrected chi connectivity index (χ0v) is 13.0. The molecule has 21 heavy (non-hydrogen) atoms. The van der Waals surface area contributed by atoms with E-state index in [1.807, 2.05) is 18.2 Å². The monoisotopic (exact) mass is 303 g/mol. The molecule has 110 valence electrons. The van der Waals surface area contributed by atoms with Gasteiger partial charge in [-0.2, -0.15) is 5.26 Å². The molecule has 0 radical (unpaired) electrons. The Labute approximate surface area is 129 Å². The van der Waals surface area contributed by atoms with Crippen LogP contribution in [0.3, 0.4) is 0 Å². The average Bonchev–Trinajstić information content (AvgIpc) is 2.91. The van der Waals surface area contributed by atoms with Gasteiger partial charge in [-0.15, -0.1) is 15.0 Å². The summed E-state index contributed by atoms with van der Waals surface area (Å²) in [6, 6.07) is 9.45. The first kappa shape index (κ1) is 15.3. The van der Waals surface area contributed by atoms with Crippen molar-refractivity contribution in [1.82, 2.24) is 15.0 Å². The molecule has 0 saturated carbocycles. The molecule has 0 saturated heterocycles. The van der Waals surface area contributed by atoms with Crippen LogP contribution in [0, 0.1) is 11.3 Å². The van der Waals surface area contributed by atoms with E-state index in [0.29, 0.717) is 22.2 Å². The molecule has 0 spiro atoms. The van der Waals surface area contributed by atoms with Crippen molar-refractivity contribution < 1.29 is 0 Å². The summed E-state index contributed by atoms with van der Waals surface area (Å²) in [6.45, 7) is 5.91. The molecule has 2 rings (SSSR count). The average molecular weight is 304 g/mol. The topological polar surface area (TPSA) is 57.7 Å². The van der Waals surface area contributed by atoms with Crippen molar-refractivity contribution in [2.45, 2.75) is 26.7 Å². The van der Waals surface area contributed by atoms with Gasteiger partial charge in [0.1, 0.15) is 11.8 Å². The molecule has 1 aromatic carbocycles. The second kappa shape index (κ2) is 7.09. The second-order valence-corrected chi connectivity index (χ2v) is 5.12. The largest absolute Gasteiger partial charge is 0.353 e. The number of aromatic nitrogens is 3. The Morgan fingerprint density at radius 2 is 1.86 bits per heavy atom. The minimum absolute atomic E-state index is 0.330. The van der Waals surface area contributed by atoms with Crippen molar-refractivity contribution in [3.8, 4) is 11.8 Å². The smallest absolute Gasteiger partial charge is 0.207 e. The fourth-order valence-corrected chi connectivity index (χ4v) is 2.38. The van der Waals surface area contributed by atoms with Gasteiger partial charge in [-0.1, -0.05) is 37.6 Å². The normalized spacial score (nSPS) is 10.4. The summed E-state index contributed by atoms with van der Waals surface area (Å²) in [5, 5.41) is 18.6. The van der Waals surface area contributed by atoms with Gasteiger partial charge in [-0.25, -0.2) is 0 Å². The van der Waals surface area contributed by atoms with Crippen LogP contribution < -0.4 is 4.90 Å². The molecule has 1 aromatic heterocycles. The lowest BCUT2D eigenvalue weighted by atomic mass is 10.3. The van der Waals surface area contributed by atoms with E-state index in [-0.39, 0.29) is 0 Å². The van der Waals surface area contributed by atoms with E-state index in [2.05, 4.69) is 35.0 Å². The van der Waals surface area contributed by atoms with E-state index in [4.69, 9.17) is 11.6 Å². The molecule has 0 aliphatic heterocycles. The van der Waals surface area contributed by atoms with Gasteiger partial charge in [0.2, 0.25) is 5.69 Å². The number of hydrogen-bond donors (Lipinski definition) is 0. The third-order valence-corrected chi connectivity index (χ3v) is 3.38. The number of halogens is 1. The Morgan fingerprint density at radius 1 is 1.19 bits per heavy atom. The zero-order chi connectivity index (χ0) is 15.2. The molecule has 0 amide bonds. The first-order valence-corrected chi connectivity index (χ1v) is 7.46. The Hall–Kier alpha value is -2.06. The van der Waals surface area contributed by atoms with Crippen molar-refractivity contribution in [2.24, 2.45) is 0 Å². The summed E-state index contributed by atoms with van der Waals surface area (Å²) in [5.41, 5.74) is 1.01. The molecule has 6 heteroatoms. The molecule has 5 nitrogen and oxygen atoms in total. The Kier molecular flexibility index (Phi) is 5.18. The number of anilines is 1. The molecule has 0 fully saturated rings. The van der Waals surface area contributed by atoms with Gasteiger partial charge in [-0.3, -0.25) is 0 Å². The first-order valence-electron chi connectivity index (χ1n) is 7.08. The quantitative estimate of drug-likeness (QED) is 0.820. The maximum absolute atomic E-state index is 9.31. The second-order valence-electron chi connectivity index (χ2n) is 4.71. The predicted octanol–water partition coefficient (Wildman–Crippen LogP) is 3.42. The molecule has 0 aliphatic carbocycles. The van der Waals surface area contributed by atoms with Crippen LogP contribution in [0.15, 0.2) is 24.3 Å². The third-order valence-electron chi connectivity index (χ3n) is 3.06. The highest BCUT2D eigenvalue weighted by Crippen LogP contribution is 2.22. The van der Waals surface area contributed by atoms with E-state index in [1.54, 1.807) is 6.07 Å². The summed E-state index contributed by atoms with van der Waals surface area (Å²) < 4.78 is 0. The Morgan fingerprint density at radius 3 is 2.43 bits per heavy atom. The maximum Gasteiger partial charge on any atom is 0.207 e. The molecular weight excluding hydrogens is 286 g/mol. The molecule has 0 atom stereocenters. The van der Waals surface area contributed by atoms with Crippen molar-refractivity contribution in [3.63, 3.8) is 0 Å². The minimum atomic E-state index is 0.330.